The van der Waals surface area contributed by atoms with Gasteiger partial charge in [-0.15, -0.1) is 0 Å². The van der Waals surface area contributed by atoms with Gasteiger partial charge in [0.15, 0.2) is 0 Å². The molecule has 0 heterocycles. The molecule has 7 nitrogen and oxygen atoms in total. The van der Waals surface area contributed by atoms with E-state index in [9.17, 15) is 13.2 Å². The number of hydrogen-bond acceptors (Lipinski definition) is 5. The van der Waals surface area contributed by atoms with E-state index in [4.69, 9.17) is 16.3 Å². The summed E-state index contributed by atoms with van der Waals surface area (Å²) in [6.45, 7) is 5.58. The van der Waals surface area contributed by atoms with E-state index in [1.165, 1.54) is 6.21 Å². The molecular formula is C31H30ClN3O4S. The third kappa shape index (κ3) is 7.28. The van der Waals surface area contributed by atoms with Crippen molar-refractivity contribution in [1.82, 2.24) is 5.43 Å². The molecule has 0 aliphatic heterocycles. The van der Waals surface area contributed by atoms with Crippen molar-refractivity contribution in [3.8, 4) is 5.75 Å². The van der Waals surface area contributed by atoms with Gasteiger partial charge in [0.1, 0.15) is 18.9 Å². The minimum absolute atomic E-state index is 0.105. The number of hydrogen-bond donors (Lipinski definition) is 1. The average molecular weight is 576 g/mol. The van der Waals surface area contributed by atoms with Gasteiger partial charge in [-0.3, -0.25) is 9.10 Å². The molecule has 0 unspecified atom stereocenters. The van der Waals surface area contributed by atoms with E-state index < -0.39 is 22.5 Å². The molecule has 1 amide bonds. The van der Waals surface area contributed by atoms with Crippen LogP contribution in [-0.4, -0.2) is 27.1 Å². The maximum Gasteiger partial charge on any atom is 0.264 e. The first-order valence-corrected chi connectivity index (χ1v) is 14.4. The van der Waals surface area contributed by atoms with Crippen molar-refractivity contribution >= 4 is 39.4 Å². The average Bonchev–Trinajstić information content (AvgIpc) is 2.94. The Balaban J connectivity index is 1.43. The van der Waals surface area contributed by atoms with Crippen LogP contribution >= 0.6 is 11.6 Å². The summed E-state index contributed by atoms with van der Waals surface area (Å²) >= 11 is 5.91. The Kier molecular flexibility index (Phi) is 9.24. The van der Waals surface area contributed by atoms with Crippen LogP contribution in [0.4, 0.5) is 5.69 Å². The number of amides is 1. The number of aryl methyl sites for hydroxylation is 2. The Morgan fingerprint density at radius 2 is 1.60 bits per heavy atom. The van der Waals surface area contributed by atoms with E-state index in [-0.39, 0.29) is 4.90 Å². The molecule has 40 heavy (non-hydrogen) atoms. The normalized spacial score (nSPS) is 11.4. The summed E-state index contributed by atoms with van der Waals surface area (Å²) in [4.78, 5) is 13.0. The zero-order valence-corrected chi connectivity index (χ0v) is 24.0. The lowest BCUT2D eigenvalue weighted by Gasteiger charge is -2.26. The van der Waals surface area contributed by atoms with Crippen molar-refractivity contribution in [3.05, 3.63) is 124 Å². The molecule has 0 saturated carbocycles. The number of benzene rings is 4. The number of sulfonamides is 1. The topological polar surface area (TPSA) is 88.1 Å². The van der Waals surface area contributed by atoms with Gasteiger partial charge in [-0.1, -0.05) is 53.6 Å². The molecular weight excluding hydrogens is 546 g/mol. The Hall–Kier alpha value is -4.14. The number of carbonyl (C=O) groups excluding carboxylic acids is 1. The van der Waals surface area contributed by atoms with Gasteiger partial charge in [-0.25, -0.2) is 13.8 Å². The van der Waals surface area contributed by atoms with Gasteiger partial charge < -0.3 is 4.74 Å². The van der Waals surface area contributed by atoms with Crippen LogP contribution in [0.1, 0.15) is 27.8 Å². The molecule has 206 valence electrons. The second-order valence-corrected chi connectivity index (χ2v) is 11.6. The number of ether oxygens (including phenoxy) is 1. The molecule has 4 rings (SSSR count). The highest BCUT2D eigenvalue weighted by atomic mass is 35.5. The van der Waals surface area contributed by atoms with Crippen molar-refractivity contribution < 1.29 is 17.9 Å². The zero-order valence-electron chi connectivity index (χ0n) is 22.5. The van der Waals surface area contributed by atoms with E-state index in [2.05, 4.69) is 10.5 Å². The highest BCUT2D eigenvalue weighted by molar-refractivity contribution is 7.92. The Bertz CT molecular complexity index is 1600. The first-order valence-electron chi connectivity index (χ1n) is 12.6. The van der Waals surface area contributed by atoms with Crippen molar-refractivity contribution in [2.24, 2.45) is 5.10 Å². The molecule has 0 fully saturated rings. The second kappa shape index (κ2) is 12.8. The SMILES string of the molecule is Cc1ccc(S(=O)(=O)N(CC(=O)N/N=C\c2ccc(OCc3ccc(Cl)cc3)cc2)c2cccc(C)c2C)cc1. The van der Waals surface area contributed by atoms with Crippen molar-refractivity contribution in [1.29, 1.82) is 0 Å². The number of carbonyl (C=O) groups is 1. The second-order valence-electron chi connectivity index (χ2n) is 9.32. The van der Waals surface area contributed by atoms with Crippen LogP contribution in [0.5, 0.6) is 5.75 Å². The summed E-state index contributed by atoms with van der Waals surface area (Å²) in [7, 11) is -4.01. The van der Waals surface area contributed by atoms with Gasteiger partial charge >= 0.3 is 0 Å². The largest absolute Gasteiger partial charge is 0.489 e. The fraction of sp³-hybridized carbons (Fsp3) is 0.161. The standard InChI is InChI=1S/C31H30ClN3O4S/c1-22-7-17-29(18-8-22)40(37,38)35(30-6-4-5-23(2)24(30)3)20-31(36)34-33-19-25-11-15-28(16-12-25)39-21-26-9-13-27(32)14-10-26/h4-19H,20-21H2,1-3H3,(H,34,36)/b33-19-. The molecule has 0 radical (unpaired) electrons. The van der Waals surface area contributed by atoms with Crippen LogP contribution in [0.2, 0.25) is 5.02 Å². The molecule has 0 spiro atoms. The molecule has 4 aromatic rings. The van der Waals surface area contributed by atoms with Gasteiger partial charge in [-0.05, 0) is 97.6 Å². The number of anilines is 1. The van der Waals surface area contributed by atoms with E-state index in [0.717, 1.165) is 32.1 Å². The minimum Gasteiger partial charge on any atom is -0.489 e. The summed E-state index contributed by atoms with van der Waals surface area (Å²) in [6.07, 6.45) is 1.48. The Labute approximate surface area is 240 Å². The molecule has 4 aromatic carbocycles. The highest BCUT2D eigenvalue weighted by Gasteiger charge is 2.28. The predicted molar refractivity (Wildman–Crippen MR) is 160 cm³/mol. The molecule has 1 N–H and O–H groups in total. The first kappa shape index (κ1) is 28.9. The van der Waals surface area contributed by atoms with Gasteiger partial charge in [0, 0.05) is 5.02 Å². The summed E-state index contributed by atoms with van der Waals surface area (Å²) < 4.78 is 34.1. The summed E-state index contributed by atoms with van der Waals surface area (Å²) in [5.74, 6) is 0.109. The van der Waals surface area contributed by atoms with Crippen LogP contribution < -0.4 is 14.5 Å². The van der Waals surface area contributed by atoms with Gasteiger partial charge in [-0.2, -0.15) is 5.10 Å². The lowest BCUT2D eigenvalue weighted by atomic mass is 10.1. The summed E-state index contributed by atoms with van der Waals surface area (Å²) in [5, 5.41) is 4.70. The van der Waals surface area contributed by atoms with Crippen LogP contribution in [-0.2, 0) is 21.4 Å². The van der Waals surface area contributed by atoms with E-state index in [1.54, 1.807) is 60.7 Å². The van der Waals surface area contributed by atoms with Crippen molar-refractivity contribution in [2.75, 3.05) is 10.8 Å². The fourth-order valence-electron chi connectivity index (χ4n) is 3.88. The lowest BCUT2D eigenvalue weighted by molar-refractivity contribution is -0.119. The van der Waals surface area contributed by atoms with Crippen LogP contribution in [0.15, 0.2) is 101 Å². The molecule has 0 aromatic heterocycles. The molecule has 0 aliphatic carbocycles. The van der Waals surface area contributed by atoms with E-state index in [0.29, 0.717) is 23.1 Å². The third-order valence-corrected chi connectivity index (χ3v) is 8.37. The van der Waals surface area contributed by atoms with E-state index >= 15 is 0 Å². The molecule has 0 saturated heterocycles. The van der Waals surface area contributed by atoms with E-state index in [1.807, 2.05) is 51.1 Å². The third-order valence-electron chi connectivity index (χ3n) is 6.34. The van der Waals surface area contributed by atoms with Gasteiger partial charge in [0.05, 0.1) is 16.8 Å². The van der Waals surface area contributed by atoms with Crippen LogP contribution in [0.25, 0.3) is 0 Å². The maximum absolute atomic E-state index is 13.6. The van der Waals surface area contributed by atoms with Gasteiger partial charge in [0.2, 0.25) is 0 Å². The summed E-state index contributed by atoms with van der Waals surface area (Å²) in [5.41, 5.74) is 7.24. The lowest BCUT2D eigenvalue weighted by Crippen LogP contribution is -2.40. The Morgan fingerprint density at radius 1 is 0.925 bits per heavy atom. The quantitative estimate of drug-likeness (QED) is 0.180. The monoisotopic (exact) mass is 575 g/mol. The minimum atomic E-state index is -4.01. The highest BCUT2D eigenvalue weighted by Crippen LogP contribution is 2.28. The smallest absolute Gasteiger partial charge is 0.264 e. The number of rotatable bonds is 10. The van der Waals surface area contributed by atoms with Crippen molar-refractivity contribution in [3.63, 3.8) is 0 Å². The number of nitrogens with one attached hydrogen (secondary N) is 1. The Morgan fingerprint density at radius 3 is 2.27 bits per heavy atom. The van der Waals surface area contributed by atoms with Crippen LogP contribution in [0.3, 0.4) is 0 Å². The molecule has 0 atom stereocenters. The summed E-state index contributed by atoms with van der Waals surface area (Å²) in [6, 6.07) is 26.5. The molecule has 0 bridgehead atoms. The number of halogens is 1. The first-order chi connectivity index (χ1) is 19.1. The number of nitrogens with zero attached hydrogens (tertiary/aromatic N) is 2. The predicted octanol–water partition coefficient (Wildman–Crippen LogP) is 6.19. The zero-order chi connectivity index (χ0) is 28.7. The fourth-order valence-corrected chi connectivity index (χ4v) is 5.49. The maximum atomic E-state index is 13.6. The molecule has 0 aliphatic rings. The van der Waals surface area contributed by atoms with Gasteiger partial charge in [0.25, 0.3) is 15.9 Å². The van der Waals surface area contributed by atoms with Crippen molar-refractivity contribution in [2.45, 2.75) is 32.3 Å². The number of hydrazone groups is 1. The molecule has 9 heteroatoms. The van der Waals surface area contributed by atoms with Crippen LogP contribution in [0, 0.1) is 20.8 Å².